The maximum absolute atomic E-state index is 13.6. The number of hydrogen-bond donors (Lipinski definition) is 1. The second kappa shape index (κ2) is 10.3. The number of halogens is 1. The molecule has 0 unspecified atom stereocenters. The molecule has 3 aliphatic heterocycles. The molecule has 8 nitrogen and oxygen atoms in total. The Morgan fingerprint density at radius 1 is 1.12 bits per heavy atom. The van der Waals surface area contributed by atoms with Crippen molar-refractivity contribution in [3.63, 3.8) is 0 Å². The fourth-order valence-corrected chi connectivity index (χ4v) is 7.11. The van der Waals surface area contributed by atoms with Crippen LogP contribution in [0.25, 0.3) is 0 Å². The number of piperidine rings is 1. The van der Waals surface area contributed by atoms with E-state index in [1.54, 1.807) is 24.8 Å². The quantitative estimate of drug-likeness (QED) is 0.638. The van der Waals surface area contributed by atoms with Gasteiger partial charge in [0, 0.05) is 37.1 Å². The first-order valence-corrected chi connectivity index (χ1v) is 13.8. The molecule has 0 aliphatic carbocycles. The van der Waals surface area contributed by atoms with Crippen LogP contribution < -0.4 is 5.32 Å². The summed E-state index contributed by atoms with van der Waals surface area (Å²) in [7, 11) is -4.07. The van der Waals surface area contributed by atoms with Gasteiger partial charge in [0.2, 0.25) is 11.8 Å². The summed E-state index contributed by atoms with van der Waals surface area (Å²) in [4.78, 5) is 30.3. The first kappa shape index (κ1) is 25.0. The molecule has 0 spiro atoms. The van der Waals surface area contributed by atoms with Gasteiger partial charge in [-0.3, -0.25) is 13.9 Å². The van der Waals surface area contributed by atoms with E-state index in [0.29, 0.717) is 35.2 Å². The number of nitrogens with one attached hydrogen (secondary N) is 1. The molecule has 186 valence electrons. The third-order valence-electron chi connectivity index (χ3n) is 7.02. The molecule has 0 aromatic heterocycles. The normalized spacial score (nSPS) is 23.9. The van der Waals surface area contributed by atoms with E-state index in [9.17, 15) is 18.0 Å². The van der Waals surface area contributed by atoms with Crippen molar-refractivity contribution in [3.05, 3.63) is 40.7 Å². The van der Waals surface area contributed by atoms with E-state index in [2.05, 4.69) is 10.2 Å². The standard InChI is InChI=1S/C24H33ClN4O4S/c1-17-13-22(18(2)12-20(17)25)34(32,33)29-11-7-26-24(31)21(29)14-23(30)28-10-5-6-19(16-28)15-27-8-3-4-9-27/h7,11-13,19,21H,3-6,8-10,14-16H2,1-2H3,(H,26,31)/t19-,21-/m1/s1. The number of benzene rings is 1. The molecule has 2 atom stereocenters. The van der Waals surface area contributed by atoms with Crippen LogP contribution in [0.15, 0.2) is 29.4 Å². The minimum Gasteiger partial charge on any atom is -0.342 e. The number of rotatable bonds is 6. The van der Waals surface area contributed by atoms with Gasteiger partial charge in [-0.2, -0.15) is 0 Å². The Hall–Kier alpha value is -2.10. The van der Waals surface area contributed by atoms with Crippen molar-refractivity contribution in [2.45, 2.75) is 56.9 Å². The number of amides is 2. The Kier molecular flexibility index (Phi) is 7.54. The van der Waals surface area contributed by atoms with Gasteiger partial charge in [-0.25, -0.2) is 8.42 Å². The number of carbonyl (C=O) groups excluding carboxylic acids is 2. The van der Waals surface area contributed by atoms with Gasteiger partial charge in [0.1, 0.15) is 6.04 Å². The molecule has 0 radical (unpaired) electrons. The van der Waals surface area contributed by atoms with Gasteiger partial charge in [-0.05, 0) is 81.8 Å². The van der Waals surface area contributed by atoms with Gasteiger partial charge in [-0.1, -0.05) is 11.6 Å². The molecule has 2 fully saturated rings. The average molecular weight is 509 g/mol. The summed E-state index contributed by atoms with van der Waals surface area (Å²) in [6.07, 6.45) is 6.90. The number of carbonyl (C=O) groups is 2. The predicted molar refractivity (Wildman–Crippen MR) is 131 cm³/mol. The lowest BCUT2D eigenvalue weighted by Gasteiger charge is -2.37. The van der Waals surface area contributed by atoms with Crippen LogP contribution in [0.1, 0.15) is 43.2 Å². The molecule has 1 aromatic carbocycles. The van der Waals surface area contributed by atoms with Crippen molar-refractivity contribution in [2.24, 2.45) is 5.92 Å². The number of likely N-dealkylation sites (tertiary alicyclic amines) is 2. The summed E-state index contributed by atoms with van der Waals surface area (Å²) in [5.41, 5.74) is 1.11. The van der Waals surface area contributed by atoms with E-state index in [0.717, 1.165) is 36.8 Å². The SMILES string of the molecule is Cc1cc(S(=O)(=O)N2C=CNC(=O)[C@H]2CC(=O)N2CCC[C@H](CN3CCCC3)C2)c(C)cc1Cl. The zero-order chi connectivity index (χ0) is 24.5. The Bertz CT molecular complexity index is 1080. The second-order valence-corrected chi connectivity index (χ2v) is 11.8. The van der Waals surface area contributed by atoms with Crippen molar-refractivity contribution < 1.29 is 18.0 Å². The van der Waals surface area contributed by atoms with Gasteiger partial charge in [0.05, 0.1) is 11.3 Å². The van der Waals surface area contributed by atoms with Crippen molar-refractivity contribution in [3.8, 4) is 0 Å². The smallest absolute Gasteiger partial charge is 0.264 e. The zero-order valence-corrected chi connectivity index (χ0v) is 21.4. The summed E-state index contributed by atoms with van der Waals surface area (Å²) in [6.45, 7) is 7.93. The predicted octanol–water partition coefficient (Wildman–Crippen LogP) is 2.64. The van der Waals surface area contributed by atoms with Crippen LogP contribution in [0, 0.1) is 19.8 Å². The van der Waals surface area contributed by atoms with E-state index < -0.39 is 22.0 Å². The highest BCUT2D eigenvalue weighted by Gasteiger charge is 2.39. The van der Waals surface area contributed by atoms with Crippen LogP contribution >= 0.6 is 11.6 Å². The number of nitrogens with zero attached hydrogens (tertiary/aromatic N) is 3. The van der Waals surface area contributed by atoms with E-state index in [1.807, 2.05) is 0 Å². The van der Waals surface area contributed by atoms with Crippen LogP contribution in [0.2, 0.25) is 5.02 Å². The lowest BCUT2D eigenvalue weighted by molar-refractivity contribution is -0.137. The Balaban J connectivity index is 1.50. The molecular formula is C24H33ClN4O4S. The highest BCUT2D eigenvalue weighted by atomic mass is 35.5. The maximum atomic E-state index is 13.6. The number of hydrogen-bond acceptors (Lipinski definition) is 5. The minimum atomic E-state index is -4.07. The lowest BCUT2D eigenvalue weighted by Crippen LogP contribution is -2.52. The molecule has 3 heterocycles. The number of sulfonamides is 1. The third kappa shape index (κ3) is 5.26. The minimum absolute atomic E-state index is 0.0786. The monoisotopic (exact) mass is 508 g/mol. The first-order valence-electron chi connectivity index (χ1n) is 11.9. The molecule has 2 saturated heterocycles. The van der Waals surface area contributed by atoms with E-state index in [1.165, 1.54) is 31.3 Å². The topological polar surface area (TPSA) is 90.0 Å². The van der Waals surface area contributed by atoms with Gasteiger partial charge < -0.3 is 15.1 Å². The van der Waals surface area contributed by atoms with Crippen LogP contribution in [-0.4, -0.2) is 73.1 Å². The molecule has 0 bridgehead atoms. The van der Waals surface area contributed by atoms with E-state index >= 15 is 0 Å². The lowest BCUT2D eigenvalue weighted by atomic mass is 9.96. The fraction of sp³-hybridized carbons (Fsp3) is 0.583. The Morgan fingerprint density at radius 2 is 1.85 bits per heavy atom. The van der Waals surface area contributed by atoms with Crippen LogP contribution in [0.3, 0.4) is 0 Å². The largest absolute Gasteiger partial charge is 0.342 e. The van der Waals surface area contributed by atoms with E-state index in [4.69, 9.17) is 11.6 Å². The Morgan fingerprint density at radius 3 is 2.59 bits per heavy atom. The second-order valence-electron chi connectivity index (χ2n) is 9.60. The summed E-state index contributed by atoms with van der Waals surface area (Å²) < 4.78 is 28.1. The molecule has 10 heteroatoms. The van der Waals surface area contributed by atoms with Crippen molar-refractivity contribution >= 4 is 33.4 Å². The summed E-state index contributed by atoms with van der Waals surface area (Å²) >= 11 is 6.15. The number of aryl methyl sites for hydroxylation is 2. The molecule has 3 aliphatic rings. The Labute approximate surface area is 207 Å². The van der Waals surface area contributed by atoms with Crippen LogP contribution in [0.5, 0.6) is 0 Å². The van der Waals surface area contributed by atoms with Crippen molar-refractivity contribution in [1.82, 2.24) is 19.4 Å². The van der Waals surface area contributed by atoms with E-state index in [-0.39, 0.29) is 17.2 Å². The molecule has 1 N–H and O–H groups in total. The van der Waals surface area contributed by atoms with Gasteiger partial charge >= 0.3 is 0 Å². The highest BCUT2D eigenvalue weighted by Crippen LogP contribution is 2.29. The van der Waals surface area contributed by atoms with Gasteiger partial charge in [-0.15, -0.1) is 0 Å². The van der Waals surface area contributed by atoms with Crippen molar-refractivity contribution in [1.29, 1.82) is 0 Å². The molecule has 34 heavy (non-hydrogen) atoms. The van der Waals surface area contributed by atoms with Gasteiger partial charge in [0.25, 0.3) is 10.0 Å². The molecule has 4 rings (SSSR count). The van der Waals surface area contributed by atoms with Crippen LogP contribution in [0.4, 0.5) is 0 Å². The molecular weight excluding hydrogens is 476 g/mol. The van der Waals surface area contributed by atoms with Crippen molar-refractivity contribution in [2.75, 3.05) is 32.7 Å². The average Bonchev–Trinajstić information content (AvgIpc) is 3.30. The highest BCUT2D eigenvalue weighted by molar-refractivity contribution is 7.89. The summed E-state index contributed by atoms with van der Waals surface area (Å²) in [5, 5.41) is 3.04. The maximum Gasteiger partial charge on any atom is 0.264 e. The van der Waals surface area contributed by atoms with Crippen LogP contribution in [-0.2, 0) is 19.6 Å². The first-order chi connectivity index (χ1) is 16.2. The zero-order valence-electron chi connectivity index (χ0n) is 19.8. The summed E-state index contributed by atoms with van der Waals surface area (Å²) in [5.74, 6) is -0.283. The molecule has 2 amide bonds. The summed E-state index contributed by atoms with van der Waals surface area (Å²) in [6, 6.07) is 1.97. The molecule has 0 saturated carbocycles. The fourth-order valence-electron chi connectivity index (χ4n) is 5.15. The van der Waals surface area contributed by atoms with Gasteiger partial charge in [0.15, 0.2) is 0 Å². The third-order valence-corrected chi connectivity index (χ3v) is 9.36. The molecule has 1 aromatic rings.